The Bertz CT molecular complexity index is 1140. The lowest BCUT2D eigenvalue weighted by Gasteiger charge is -2.23. The predicted octanol–water partition coefficient (Wildman–Crippen LogP) is 3.08. The second kappa shape index (κ2) is 7.46. The molecule has 1 aromatic carbocycles. The van der Waals surface area contributed by atoms with Crippen molar-refractivity contribution in [1.82, 2.24) is 29.6 Å². The molecule has 1 unspecified atom stereocenters. The number of hydrogen-bond donors (Lipinski definition) is 0. The van der Waals surface area contributed by atoms with Crippen LogP contribution < -0.4 is 0 Å². The minimum Gasteiger partial charge on any atom is -0.339 e. The summed E-state index contributed by atoms with van der Waals surface area (Å²) in [5.74, 6) is 1.90. The Hall–Kier alpha value is -3.55. The Morgan fingerprint density at radius 1 is 1.10 bits per heavy atom. The molecule has 5 rings (SSSR count). The van der Waals surface area contributed by atoms with Gasteiger partial charge in [0, 0.05) is 31.1 Å². The molecule has 0 bridgehead atoms. The number of likely N-dealkylation sites (tertiary alicyclic amines) is 1. The van der Waals surface area contributed by atoms with Gasteiger partial charge in [0.05, 0.1) is 6.04 Å². The summed E-state index contributed by atoms with van der Waals surface area (Å²) in [6.07, 6.45) is 4.53. The molecule has 0 radical (unpaired) electrons. The van der Waals surface area contributed by atoms with Crippen LogP contribution in [0.1, 0.15) is 37.0 Å². The Morgan fingerprint density at radius 3 is 2.86 bits per heavy atom. The molecule has 29 heavy (non-hydrogen) atoms. The highest BCUT2D eigenvalue weighted by atomic mass is 16.5. The maximum atomic E-state index is 12.9. The van der Waals surface area contributed by atoms with Gasteiger partial charge in [0.15, 0.2) is 11.5 Å². The molecule has 0 spiro atoms. The summed E-state index contributed by atoms with van der Waals surface area (Å²) >= 11 is 0. The van der Waals surface area contributed by atoms with E-state index < -0.39 is 0 Å². The average Bonchev–Trinajstić information content (AvgIpc) is 3.51. The number of carbonyl (C=O) groups excluding carboxylic acids is 1. The van der Waals surface area contributed by atoms with Gasteiger partial charge in [0.2, 0.25) is 17.6 Å². The number of nitrogens with zero attached hydrogens (tertiary/aromatic N) is 6. The van der Waals surface area contributed by atoms with E-state index in [2.05, 4.69) is 20.3 Å². The SMILES string of the molecule is O=C(CCc1nc(-c2ccccc2)no1)N1CCCC1c1nnc2ccccn12. The number of carbonyl (C=O) groups is 1. The van der Waals surface area contributed by atoms with Crippen LogP contribution in [0.15, 0.2) is 59.3 Å². The van der Waals surface area contributed by atoms with Gasteiger partial charge in [-0.1, -0.05) is 41.6 Å². The Kier molecular flexibility index (Phi) is 4.51. The van der Waals surface area contributed by atoms with Crippen molar-refractivity contribution in [3.8, 4) is 11.4 Å². The fraction of sp³-hybridized carbons (Fsp3) is 0.286. The molecule has 8 nitrogen and oxygen atoms in total. The summed E-state index contributed by atoms with van der Waals surface area (Å²) in [6.45, 7) is 0.727. The molecule has 1 amide bonds. The fourth-order valence-electron chi connectivity index (χ4n) is 3.84. The molecule has 4 heterocycles. The molecule has 0 N–H and O–H groups in total. The molecule has 0 aliphatic carbocycles. The first-order valence-corrected chi connectivity index (χ1v) is 9.77. The van der Waals surface area contributed by atoms with Crippen LogP contribution in [0.3, 0.4) is 0 Å². The van der Waals surface area contributed by atoms with Gasteiger partial charge in [-0.15, -0.1) is 10.2 Å². The van der Waals surface area contributed by atoms with Crippen molar-refractivity contribution >= 4 is 11.6 Å². The lowest BCUT2D eigenvalue weighted by molar-refractivity contribution is -0.132. The van der Waals surface area contributed by atoms with Gasteiger partial charge in [0.1, 0.15) is 0 Å². The van der Waals surface area contributed by atoms with Gasteiger partial charge in [0.25, 0.3) is 0 Å². The summed E-state index contributed by atoms with van der Waals surface area (Å²) in [6, 6.07) is 15.4. The Labute approximate surface area is 167 Å². The molecule has 1 atom stereocenters. The highest BCUT2D eigenvalue weighted by Gasteiger charge is 2.33. The molecule has 1 fully saturated rings. The van der Waals surface area contributed by atoms with Crippen LogP contribution in [0.4, 0.5) is 0 Å². The number of rotatable bonds is 5. The maximum absolute atomic E-state index is 12.9. The third kappa shape index (κ3) is 3.37. The molecule has 3 aromatic heterocycles. The highest BCUT2D eigenvalue weighted by molar-refractivity contribution is 5.77. The smallest absolute Gasteiger partial charge is 0.227 e. The zero-order chi connectivity index (χ0) is 19.6. The molecule has 1 aliphatic rings. The van der Waals surface area contributed by atoms with Crippen LogP contribution in [0.2, 0.25) is 0 Å². The lowest BCUT2D eigenvalue weighted by Crippen LogP contribution is -2.31. The van der Waals surface area contributed by atoms with E-state index in [0.717, 1.165) is 36.4 Å². The summed E-state index contributed by atoms with van der Waals surface area (Å²) in [7, 11) is 0. The number of hydrogen-bond acceptors (Lipinski definition) is 6. The van der Waals surface area contributed by atoms with Crippen LogP contribution in [-0.2, 0) is 11.2 Å². The predicted molar refractivity (Wildman–Crippen MR) is 105 cm³/mol. The molecule has 1 aliphatic heterocycles. The second-order valence-electron chi connectivity index (χ2n) is 7.11. The van der Waals surface area contributed by atoms with E-state index in [1.54, 1.807) is 0 Å². The van der Waals surface area contributed by atoms with Crippen molar-refractivity contribution in [2.75, 3.05) is 6.54 Å². The van der Waals surface area contributed by atoms with Gasteiger partial charge in [-0.3, -0.25) is 9.20 Å². The molecule has 146 valence electrons. The highest BCUT2D eigenvalue weighted by Crippen LogP contribution is 2.31. The van der Waals surface area contributed by atoms with Crippen molar-refractivity contribution < 1.29 is 9.32 Å². The Balaban J connectivity index is 1.28. The molecule has 1 saturated heterocycles. The first-order valence-electron chi connectivity index (χ1n) is 9.77. The van der Waals surface area contributed by atoms with Crippen molar-refractivity contribution in [3.05, 3.63) is 66.4 Å². The third-order valence-electron chi connectivity index (χ3n) is 5.26. The maximum Gasteiger partial charge on any atom is 0.227 e. The number of pyridine rings is 1. The topological polar surface area (TPSA) is 89.4 Å². The minimum atomic E-state index is -0.0533. The number of benzene rings is 1. The molecule has 0 saturated carbocycles. The summed E-state index contributed by atoms with van der Waals surface area (Å²) in [5, 5.41) is 12.6. The summed E-state index contributed by atoms with van der Waals surface area (Å²) in [4.78, 5) is 19.2. The summed E-state index contributed by atoms with van der Waals surface area (Å²) in [5.41, 5.74) is 1.69. The first kappa shape index (κ1) is 17.5. The largest absolute Gasteiger partial charge is 0.339 e. The van der Waals surface area contributed by atoms with Crippen LogP contribution in [-0.4, -0.2) is 42.1 Å². The van der Waals surface area contributed by atoms with Crippen molar-refractivity contribution in [2.45, 2.75) is 31.7 Å². The van der Waals surface area contributed by atoms with Gasteiger partial charge in [-0.05, 0) is 25.0 Å². The normalized spacial score (nSPS) is 16.6. The van der Waals surface area contributed by atoms with Crippen molar-refractivity contribution in [1.29, 1.82) is 0 Å². The standard InChI is InChI=1S/C21H20N6O2/c28-19(12-11-18-22-20(25-29-18)15-7-2-1-3-8-15)26-14-6-9-16(26)21-24-23-17-10-4-5-13-27(17)21/h1-5,7-8,10,13,16H,6,9,11-12,14H2. The van der Waals surface area contributed by atoms with Crippen LogP contribution in [0.25, 0.3) is 17.0 Å². The molecule has 4 aromatic rings. The van der Waals surface area contributed by atoms with E-state index in [-0.39, 0.29) is 11.9 Å². The number of fused-ring (bicyclic) bond motifs is 1. The van der Waals surface area contributed by atoms with Crippen LogP contribution in [0, 0.1) is 0 Å². The molecular formula is C21H20N6O2. The van der Waals surface area contributed by atoms with E-state index in [9.17, 15) is 4.79 Å². The van der Waals surface area contributed by atoms with Gasteiger partial charge in [-0.25, -0.2) is 0 Å². The van der Waals surface area contributed by atoms with Gasteiger partial charge < -0.3 is 9.42 Å². The number of aryl methyl sites for hydroxylation is 1. The van der Waals surface area contributed by atoms with Crippen LogP contribution >= 0.6 is 0 Å². The van der Waals surface area contributed by atoms with Gasteiger partial charge >= 0.3 is 0 Å². The minimum absolute atomic E-state index is 0.0533. The number of aromatic nitrogens is 5. The average molecular weight is 388 g/mol. The second-order valence-corrected chi connectivity index (χ2v) is 7.11. The van der Waals surface area contributed by atoms with Crippen molar-refractivity contribution in [3.63, 3.8) is 0 Å². The Morgan fingerprint density at radius 2 is 1.97 bits per heavy atom. The third-order valence-corrected chi connectivity index (χ3v) is 5.26. The zero-order valence-corrected chi connectivity index (χ0v) is 15.8. The first-order chi connectivity index (χ1) is 14.3. The van der Waals surface area contributed by atoms with E-state index in [0.29, 0.717) is 24.6 Å². The molecule has 8 heteroatoms. The van der Waals surface area contributed by atoms with E-state index in [4.69, 9.17) is 4.52 Å². The summed E-state index contributed by atoms with van der Waals surface area (Å²) < 4.78 is 7.29. The van der Waals surface area contributed by atoms with E-state index in [1.807, 2.05) is 64.0 Å². The quantitative estimate of drug-likeness (QED) is 0.522. The number of amides is 1. The van der Waals surface area contributed by atoms with E-state index >= 15 is 0 Å². The fourth-order valence-corrected chi connectivity index (χ4v) is 3.84. The van der Waals surface area contributed by atoms with E-state index in [1.165, 1.54) is 0 Å². The molecular weight excluding hydrogens is 368 g/mol. The lowest BCUT2D eigenvalue weighted by atomic mass is 10.2. The van der Waals surface area contributed by atoms with Gasteiger partial charge in [-0.2, -0.15) is 4.98 Å². The zero-order valence-electron chi connectivity index (χ0n) is 15.8. The monoisotopic (exact) mass is 388 g/mol. The van der Waals surface area contributed by atoms with Crippen molar-refractivity contribution in [2.24, 2.45) is 0 Å². The van der Waals surface area contributed by atoms with Crippen LogP contribution in [0.5, 0.6) is 0 Å².